The van der Waals surface area contributed by atoms with Gasteiger partial charge in [-0.25, -0.2) is 0 Å². The quantitative estimate of drug-likeness (QED) is 0.576. The van der Waals surface area contributed by atoms with Crippen molar-refractivity contribution < 1.29 is 4.57 Å². The summed E-state index contributed by atoms with van der Waals surface area (Å²) in [6.07, 6.45) is 1.63. The molecule has 0 saturated heterocycles. The van der Waals surface area contributed by atoms with Gasteiger partial charge in [-0.3, -0.25) is 0 Å². The molecular weight excluding hydrogens is 331 g/mol. The van der Waals surface area contributed by atoms with Crippen molar-refractivity contribution in [3.05, 3.63) is 59.7 Å². The van der Waals surface area contributed by atoms with E-state index in [1.807, 2.05) is 48.5 Å². The Morgan fingerprint density at radius 2 is 1.25 bits per heavy atom. The molecule has 0 spiro atoms. The highest BCUT2D eigenvalue weighted by Crippen LogP contribution is 2.44. The van der Waals surface area contributed by atoms with Crippen LogP contribution in [0.15, 0.2) is 48.5 Å². The smallest absolute Gasteiger partial charge is 0.143 e. The Bertz CT molecular complexity index is 552. The van der Waals surface area contributed by atoms with Crippen molar-refractivity contribution in [2.45, 2.75) is 20.3 Å². The van der Waals surface area contributed by atoms with Crippen LogP contribution in [-0.2, 0) is 4.57 Å². The van der Waals surface area contributed by atoms with E-state index in [4.69, 9.17) is 0 Å². The average molecular weight is 351 g/mol. The van der Waals surface area contributed by atoms with E-state index >= 15 is 0 Å². The number of halogens is 1. The molecule has 0 aliphatic heterocycles. The van der Waals surface area contributed by atoms with Crippen LogP contribution in [0.1, 0.15) is 17.5 Å². The molecule has 3 heteroatoms. The second kappa shape index (κ2) is 6.74. The molecule has 0 fully saturated rings. The van der Waals surface area contributed by atoms with Crippen molar-refractivity contribution >= 4 is 33.7 Å². The van der Waals surface area contributed by atoms with Gasteiger partial charge in [0.25, 0.3) is 0 Å². The van der Waals surface area contributed by atoms with Crippen LogP contribution < -0.4 is 10.6 Å². The first-order chi connectivity index (χ1) is 9.56. The van der Waals surface area contributed by atoms with Gasteiger partial charge in [0.05, 0.1) is 0 Å². The van der Waals surface area contributed by atoms with Crippen molar-refractivity contribution in [1.82, 2.24) is 0 Å². The number of rotatable bonds is 5. The predicted octanol–water partition coefficient (Wildman–Crippen LogP) is 4.40. The first-order valence-electron chi connectivity index (χ1n) is 6.86. The predicted molar refractivity (Wildman–Crippen MR) is 92.5 cm³/mol. The first kappa shape index (κ1) is 15.5. The van der Waals surface area contributed by atoms with E-state index in [1.54, 1.807) is 0 Å². The van der Waals surface area contributed by atoms with Gasteiger partial charge in [0.1, 0.15) is 7.14 Å². The molecule has 2 rings (SSSR count). The second-order valence-electron chi connectivity index (χ2n) is 5.18. The van der Waals surface area contributed by atoms with E-state index in [-0.39, 0.29) is 0 Å². The van der Waals surface area contributed by atoms with Crippen LogP contribution in [-0.4, -0.2) is 11.5 Å². The van der Waals surface area contributed by atoms with Crippen LogP contribution in [0.3, 0.4) is 0 Å². The minimum atomic E-state index is -2.51. The van der Waals surface area contributed by atoms with Crippen molar-refractivity contribution in [3.8, 4) is 0 Å². The highest BCUT2D eigenvalue weighted by atomic mass is 79.9. The van der Waals surface area contributed by atoms with Crippen LogP contribution >= 0.6 is 23.1 Å². The lowest BCUT2D eigenvalue weighted by Crippen LogP contribution is -2.19. The zero-order valence-corrected chi connectivity index (χ0v) is 14.5. The van der Waals surface area contributed by atoms with Gasteiger partial charge >= 0.3 is 0 Å². The maximum absolute atomic E-state index is 13.6. The fourth-order valence-corrected chi connectivity index (χ4v) is 5.65. The standard InChI is InChI=1S/C17H20BrOP/c1-14-4-8-16(9-5-14)20(19,13-3-12-18)17-10-6-15(2)7-11-17/h4-11H,3,12-13H2,1-2H3. The van der Waals surface area contributed by atoms with Gasteiger partial charge in [-0.05, 0) is 20.3 Å². The van der Waals surface area contributed by atoms with Crippen LogP contribution in [0, 0.1) is 13.8 Å². The number of aryl methyl sites for hydroxylation is 2. The fourth-order valence-electron chi connectivity index (χ4n) is 2.26. The monoisotopic (exact) mass is 350 g/mol. The minimum absolute atomic E-state index is 0.713. The molecule has 0 saturated carbocycles. The third kappa shape index (κ3) is 3.42. The topological polar surface area (TPSA) is 17.1 Å². The number of hydrogen-bond acceptors (Lipinski definition) is 1. The zero-order chi connectivity index (χ0) is 14.6. The lowest BCUT2D eigenvalue weighted by atomic mass is 10.2. The van der Waals surface area contributed by atoms with Gasteiger partial charge in [0.15, 0.2) is 0 Å². The van der Waals surface area contributed by atoms with Crippen molar-refractivity contribution in [2.75, 3.05) is 11.5 Å². The summed E-state index contributed by atoms with van der Waals surface area (Å²) in [5.74, 6) is 0. The Hall–Kier alpha value is -0.850. The Labute approximate surface area is 129 Å². The highest BCUT2D eigenvalue weighted by molar-refractivity contribution is 9.09. The molecule has 106 valence electrons. The van der Waals surface area contributed by atoms with Gasteiger partial charge in [0.2, 0.25) is 0 Å². The normalized spacial score (nSPS) is 11.6. The highest BCUT2D eigenvalue weighted by Gasteiger charge is 2.26. The largest absolute Gasteiger partial charge is 0.314 e. The van der Waals surface area contributed by atoms with Gasteiger partial charge in [-0.2, -0.15) is 0 Å². The number of alkyl halides is 1. The molecule has 0 heterocycles. The molecule has 0 aliphatic rings. The molecular formula is C17H20BrOP. The molecule has 0 radical (unpaired) electrons. The Morgan fingerprint density at radius 1 is 0.850 bits per heavy atom. The molecule has 2 aromatic rings. The van der Waals surface area contributed by atoms with Crippen LogP contribution in [0.4, 0.5) is 0 Å². The summed E-state index contributed by atoms with van der Waals surface area (Å²) in [6, 6.07) is 16.3. The van der Waals surface area contributed by atoms with E-state index in [0.29, 0.717) is 6.16 Å². The van der Waals surface area contributed by atoms with Gasteiger partial charge < -0.3 is 4.57 Å². The molecule has 0 N–H and O–H groups in total. The Balaban J connectivity index is 2.47. The Kier molecular flexibility index (Phi) is 5.23. The molecule has 0 amide bonds. The lowest BCUT2D eigenvalue weighted by Gasteiger charge is -2.19. The molecule has 1 nitrogen and oxygen atoms in total. The molecule has 0 aliphatic carbocycles. The summed E-state index contributed by atoms with van der Waals surface area (Å²) in [5.41, 5.74) is 2.40. The maximum Gasteiger partial charge on any atom is 0.143 e. The zero-order valence-electron chi connectivity index (χ0n) is 12.0. The average Bonchev–Trinajstić information content (AvgIpc) is 2.46. The van der Waals surface area contributed by atoms with E-state index in [9.17, 15) is 4.57 Å². The van der Waals surface area contributed by atoms with Gasteiger partial charge in [0, 0.05) is 22.1 Å². The van der Waals surface area contributed by atoms with Crippen LogP contribution in [0.25, 0.3) is 0 Å². The molecule has 20 heavy (non-hydrogen) atoms. The van der Waals surface area contributed by atoms with Crippen LogP contribution in [0.2, 0.25) is 0 Å². The first-order valence-corrected chi connectivity index (χ1v) is 9.87. The summed E-state index contributed by atoms with van der Waals surface area (Å²) in [4.78, 5) is 0. The van der Waals surface area contributed by atoms with Gasteiger partial charge in [-0.15, -0.1) is 0 Å². The summed E-state index contributed by atoms with van der Waals surface area (Å²) >= 11 is 3.45. The van der Waals surface area contributed by atoms with Crippen molar-refractivity contribution in [3.63, 3.8) is 0 Å². The van der Waals surface area contributed by atoms with Crippen molar-refractivity contribution in [2.24, 2.45) is 0 Å². The summed E-state index contributed by atoms with van der Waals surface area (Å²) in [6.45, 7) is 4.11. The summed E-state index contributed by atoms with van der Waals surface area (Å²) < 4.78 is 13.6. The van der Waals surface area contributed by atoms with E-state index in [1.165, 1.54) is 11.1 Å². The minimum Gasteiger partial charge on any atom is -0.314 e. The third-order valence-electron chi connectivity index (χ3n) is 3.51. The second-order valence-corrected chi connectivity index (χ2v) is 8.93. The molecule has 0 unspecified atom stereocenters. The third-order valence-corrected chi connectivity index (χ3v) is 7.28. The summed E-state index contributed by atoms with van der Waals surface area (Å²) in [7, 11) is -2.51. The lowest BCUT2D eigenvalue weighted by molar-refractivity contribution is 0.586. The van der Waals surface area contributed by atoms with E-state index < -0.39 is 7.14 Å². The SMILES string of the molecule is Cc1ccc(P(=O)(CCCBr)c2ccc(C)cc2)cc1. The Morgan fingerprint density at radius 3 is 1.60 bits per heavy atom. The van der Waals surface area contributed by atoms with Crippen LogP contribution in [0.5, 0.6) is 0 Å². The fraction of sp³-hybridized carbons (Fsp3) is 0.294. The summed E-state index contributed by atoms with van der Waals surface area (Å²) in [5, 5.41) is 2.81. The molecule has 0 atom stereocenters. The number of hydrogen-bond donors (Lipinski definition) is 0. The molecule has 2 aromatic carbocycles. The number of benzene rings is 2. The van der Waals surface area contributed by atoms with E-state index in [0.717, 1.165) is 22.4 Å². The molecule has 0 aromatic heterocycles. The maximum atomic E-state index is 13.6. The van der Waals surface area contributed by atoms with Gasteiger partial charge in [-0.1, -0.05) is 75.6 Å². The van der Waals surface area contributed by atoms with Crippen molar-refractivity contribution in [1.29, 1.82) is 0 Å². The molecule has 0 bridgehead atoms. The van der Waals surface area contributed by atoms with E-state index in [2.05, 4.69) is 29.8 Å².